The van der Waals surface area contributed by atoms with Crippen LogP contribution < -0.4 is 10.1 Å². The Bertz CT molecular complexity index is 1170. The van der Waals surface area contributed by atoms with Crippen LogP contribution in [0.3, 0.4) is 0 Å². The lowest BCUT2D eigenvalue weighted by Crippen LogP contribution is -2.20. The highest BCUT2D eigenvalue weighted by atomic mass is 35.5. The molecule has 2 aromatic carbocycles. The predicted octanol–water partition coefficient (Wildman–Crippen LogP) is 6.15. The minimum Gasteiger partial charge on any atom is -0.497 e. The maximum absolute atomic E-state index is 6.47. The summed E-state index contributed by atoms with van der Waals surface area (Å²) in [6, 6.07) is 15.6. The van der Waals surface area contributed by atoms with Crippen LogP contribution in [-0.4, -0.2) is 11.7 Å². The van der Waals surface area contributed by atoms with E-state index < -0.39 is 0 Å². The average Bonchev–Trinajstić information content (AvgIpc) is 3.26. The van der Waals surface area contributed by atoms with E-state index in [4.69, 9.17) is 32.4 Å². The molecule has 3 heterocycles. The summed E-state index contributed by atoms with van der Waals surface area (Å²) in [5.74, 6) is 1.65. The van der Waals surface area contributed by atoms with Crippen LogP contribution in [0.25, 0.3) is 16.7 Å². The van der Waals surface area contributed by atoms with Crippen molar-refractivity contribution >= 4 is 46.6 Å². The van der Waals surface area contributed by atoms with Crippen molar-refractivity contribution in [3.05, 3.63) is 81.8 Å². The van der Waals surface area contributed by atoms with E-state index in [1.165, 1.54) is 0 Å². The minimum absolute atomic E-state index is 0. The second-order valence-electron chi connectivity index (χ2n) is 6.55. The van der Waals surface area contributed by atoms with E-state index in [9.17, 15) is 0 Å². The fourth-order valence-electron chi connectivity index (χ4n) is 3.69. The Morgan fingerprint density at radius 3 is 2.82 bits per heavy atom. The molecule has 1 aliphatic rings. The monoisotopic (exact) mass is 434 g/mol. The van der Waals surface area contributed by atoms with Crippen LogP contribution in [0.2, 0.25) is 10.0 Å². The molecule has 0 amide bonds. The molecule has 4 aromatic rings. The van der Waals surface area contributed by atoms with Gasteiger partial charge in [0.2, 0.25) is 0 Å². The predicted molar refractivity (Wildman–Crippen MR) is 114 cm³/mol. The van der Waals surface area contributed by atoms with Gasteiger partial charge in [0, 0.05) is 39.4 Å². The third-order valence-electron chi connectivity index (χ3n) is 4.98. The van der Waals surface area contributed by atoms with Gasteiger partial charge in [0.25, 0.3) is 0 Å². The molecule has 0 aliphatic carbocycles. The van der Waals surface area contributed by atoms with E-state index in [2.05, 4.69) is 22.0 Å². The fraction of sp³-hybridized carbons (Fsp3) is 0.143. The van der Waals surface area contributed by atoms with Gasteiger partial charge in [-0.1, -0.05) is 23.2 Å². The molecule has 0 fully saturated rings. The van der Waals surface area contributed by atoms with Gasteiger partial charge < -0.3 is 13.7 Å². The summed E-state index contributed by atoms with van der Waals surface area (Å²) in [6.07, 6.45) is 2.02. The normalized spacial score (nSPS) is 15.5. The summed E-state index contributed by atoms with van der Waals surface area (Å²) >= 11 is 12.7. The smallest absolute Gasteiger partial charge is 0.134 e. The summed E-state index contributed by atoms with van der Waals surface area (Å²) in [4.78, 5) is 0. The van der Waals surface area contributed by atoms with Gasteiger partial charge in [0.15, 0.2) is 0 Å². The molecule has 0 radical (unpaired) electrons. The van der Waals surface area contributed by atoms with E-state index in [0.717, 1.165) is 39.4 Å². The molecule has 0 saturated heterocycles. The Morgan fingerprint density at radius 1 is 1.14 bits per heavy atom. The number of aromatic nitrogens is 1. The van der Waals surface area contributed by atoms with Crippen molar-refractivity contribution in [1.82, 2.24) is 9.88 Å². The van der Waals surface area contributed by atoms with Gasteiger partial charge in [-0.3, -0.25) is 5.32 Å². The third-order valence-corrected chi connectivity index (χ3v) is 5.54. The number of halogens is 3. The molecule has 0 saturated carbocycles. The van der Waals surface area contributed by atoms with Gasteiger partial charge in [-0.2, -0.15) is 0 Å². The number of methoxy groups -OCH3 is 1. The van der Waals surface area contributed by atoms with Gasteiger partial charge in [0.1, 0.15) is 23.1 Å². The first-order chi connectivity index (χ1) is 13.1. The Kier molecular flexibility index (Phi) is 5.06. The fourth-order valence-corrected chi connectivity index (χ4v) is 4.24. The highest BCUT2D eigenvalue weighted by Gasteiger charge is 2.27. The van der Waals surface area contributed by atoms with Crippen LogP contribution in [0.4, 0.5) is 0 Å². The number of fused-ring (bicyclic) bond motifs is 4. The van der Waals surface area contributed by atoms with Crippen LogP contribution in [0.15, 0.2) is 59.1 Å². The zero-order chi connectivity index (χ0) is 18.5. The molecule has 0 spiro atoms. The van der Waals surface area contributed by atoms with Gasteiger partial charge in [-0.25, -0.2) is 0 Å². The molecule has 28 heavy (non-hydrogen) atoms. The standard InChI is InChI=1S/C21H16Cl2N2O2.ClH/c1-26-14-4-5-19-12(7-14)8-20(27-19)21-17-3-2-6-25(17)18-10-13(22)9-16(23)15(18)11-24-21;/h2-10,21,24H,11H2,1H3;1H. The van der Waals surface area contributed by atoms with Crippen molar-refractivity contribution in [3.8, 4) is 11.4 Å². The van der Waals surface area contributed by atoms with Crippen molar-refractivity contribution in [3.63, 3.8) is 0 Å². The van der Waals surface area contributed by atoms with E-state index in [1.54, 1.807) is 13.2 Å². The number of furan rings is 1. The molecule has 5 rings (SSSR count). The number of benzene rings is 2. The van der Waals surface area contributed by atoms with Crippen molar-refractivity contribution in [2.24, 2.45) is 0 Å². The number of nitrogens with one attached hydrogen (secondary N) is 1. The Morgan fingerprint density at radius 2 is 2.00 bits per heavy atom. The van der Waals surface area contributed by atoms with E-state index in [0.29, 0.717) is 16.6 Å². The molecule has 0 bridgehead atoms. The summed E-state index contributed by atoms with van der Waals surface area (Å²) in [5, 5.41) is 5.85. The lowest BCUT2D eigenvalue weighted by atomic mass is 10.1. The molecule has 1 N–H and O–H groups in total. The zero-order valence-corrected chi connectivity index (χ0v) is 17.2. The molecule has 7 heteroatoms. The first kappa shape index (κ1) is 19.2. The maximum Gasteiger partial charge on any atom is 0.134 e. The van der Waals surface area contributed by atoms with Crippen LogP contribution in [0.5, 0.6) is 5.75 Å². The lowest BCUT2D eigenvalue weighted by molar-refractivity contribution is 0.415. The number of nitrogens with zero attached hydrogens (tertiary/aromatic N) is 1. The van der Waals surface area contributed by atoms with E-state index in [1.807, 2.05) is 36.5 Å². The number of hydrogen-bond acceptors (Lipinski definition) is 3. The van der Waals surface area contributed by atoms with Crippen LogP contribution >= 0.6 is 35.6 Å². The highest BCUT2D eigenvalue weighted by molar-refractivity contribution is 6.35. The summed E-state index contributed by atoms with van der Waals surface area (Å²) in [6.45, 7) is 0.609. The summed E-state index contributed by atoms with van der Waals surface area (Å²) in [7, 11) is 1.66. The highest BCUT2D eigenvalue weighted by Crippen LogP contribution is 2.37. The van der Waals surface area contributed by atoms with Crippen LogP contribution in [0, 0.1) is 0 Å². The molecule has 1 atom stereocenters. The van der Waals surface area contributed by atoms with Crippen molar-refractivity contribution in [2.45, 2.75) is 12.6 Å². The summed E-state index contributed by atoms with van der Waals surface area (Å²) in [5.41, 5.74) is 3.89. The van der Waals surface area contributed by atoms with E-state index >= 15 is 0 Å². The Hall–Kier alpha value is -2.11. The molecular weight excluding hydrogens is 419 g/mol. The summed E-state index contributed by atoms with van der Waals surface area (Å²) < 4.78 is 13.6. The Balaban J connectivity index is 0.00000192. The molecule has 1 aliphatic heterocycles. The van der Waals surface area contributed by atoms with Crippen LogP contribution in [-0.2, 0) is 6.54 Å². The second kappa shape index (κ2) is 7.37. The van der Waals surface area contributed by atoms with Crippen molar-refractivity contribution in [2.75, 3.05) is 7.11 Å². The number of hydrogen-bond donors (Lipinski definition) is 1. The topological polar surface area (TPSA) is 39.3 Å². The number of rotatable bonds is 2. The molecule has 4 nitrogen and oxygen atoms in total. The second-order valence-corrected chi connectivity index (χ2v) is 7.40. The molecule has 144 valence electrons. The van der Waals surface area contributed by atoms with Crippen molar-refractivity contribution < 1.29 is 9.15 Å². The third kappa shape index (κ3) is 3.07. The van der Waals surface area contributed by atoms with Gasteiger partial charge >= 0.3 is 0 Å². The minimum atomic E-state index is -0.111. The maximum atomic E-state index is 6.47. The molecular formula is C21H17Cl3N2O2. The molecule has 2 aromatic heterocycles. The first-order valence-corrected chi connectivity index (χ1v) is 9.36. The number of ether oxygens (including phenoxy) is 1. The zero-order valence-electron chi connectivity index (χ0n) is 14.9. The SMILES string of the molecule is COc1ccc2oc(C3NCc4c(Cl)cc(Cl)cc4-n4cccc43)cc2c1.Cl. The van der Waals surface area contributed by atoms with E-state index in [-0.39, 0.29) is 18.4 Å². The largest absolute Gasteiger partial charge is 0.497 e. The molecule has 1 unspecified atom stereocenters. The Labute approximate surface area is 178 Å². The first-order valence-electron chi connectivity index (χ1n) is 8.60. The van der Waals surface area contributed by atoms with Gasteiger partial charge in [-0.15, -0.1) is 12.4 Å². The average molecular weight is 436 g/mol. The van der Waals surface area contributed by atoms with Crippen molar-refractivity contribution in [1.29, 1.82) is 0 Å². The quantitative estimate of drug-likeness (QED) is 0.410. The van der Waals surface area contributed by atoms with Crippen LogP contribution in [0.1, 0.15) is 23.1 Å². The van der Waals surface area contributed by atoms with Gasteiger partial charge in [-0.05, 0) is 48.5 Å². The lowest BCUT2D eigenvalue weighted by Gasteiger charge is -2.15. The van der Waals surface area contributed by atoms with Gasteiger partial charge in [0.05, 0.1) is 12.8 Å².